The van der Waals surface area contributed by atoms with Crippen molar-refractivity contribution in [3.05, 3.63) is 48.7 Å². The summed E-state index contributed by atoms with van der Waals surface area (Å²) in [6, 6.07) is 8.08. The van der Waals surface area contributed by atoms with Crippen molar-refractivity contribution in [2.45, 2.75) is 135 Å². The van der Waals surface area contributed by atoms with Gasteiger partial charge in [-0.25, -0.2) is 4.79 Å². The predicted octanol–water partition coefficient (Wildman–Crippen LogP) is 10.2. The van der Waals surface area contributed by atoms with E-state index in [1.54, 1.807) is 7.11 Å². The van der Waals surface area contributed by atoms with Gasteiger partial charge in [0.05, 0.1) is 18.7 Å². The number of amides is 1. The maximum Gasteiger partial charge on any atom is 0.407 e. The van der Waals surface area contributed by atoms with Crippen LogP contribution in [0, 0.1) is 11.8 Å². The monoisotopic (exact) mass is 619 g/mol. The fourth-order valence-electron chi connectivity index (χ4n) is 7.58. The van der Waals surface area contributed by atoms with Crippen LogP contribution in [-0.2, 0) is 4.74 Å². The molecule has 0 radical (unpaired) electrons. The summed E-state index contributed by atoms with van der Waals surface area (Å²) in [5.74, 6) is 1.87. The molecule has 5 atom stereocenters. The Morgan fingerprint density at radius 2 is 1.62 bits per heavy atom. The Balaban J connectivity index is 1.17. The summed E-state index contributed by atoms with van der Waals surface area (Å²) in [5, 5.41) is 4.05. The summed E-state index contributed by atoms with van der Waals surface area (Å²) in [6.45, 7) is 9.04. The van der Waals surface area contributed by atoms with Gasteiger partial charge in [-0.3, -0.25) is 9.88 Å². The molecule has 2 aromatic rings. The number of alkyl carbamates (subject to hydrolysis) is 1. The van der Waals surface area contributed by atoms with E-state index in [1.807, 2.05) is 30.5 Å². The summed E-state index contributed by atoms with van der Waals surface area (Å²) < 4.78 is 11.9. The topological polar surface area (TPSA) is 63.7 Å². The second-order valence-corrected chi connectivity index (χ2v) is 13.6. The lowest BCUT2D eigenvalue weighted by atomic mass is 9.73. The van der Waals surface area contributed by atoms with E-state index in [0.717, 1.165) is 54.6 Å². The second kappa shape index (κ2) is 19.8. The average molecular weight is 620 g/mol. The first-order valence-corrected chi connectivity index (χ1v) is 18.4. The van der Waals surface area contributed by atoms with Gasteiger partial charge in [0.25, 0.3) is 0 Å². The van der Waals surface area contributed by atoms with Crippen LogP contribution in [0.1, 0.15) is 134 Å². The Labute approximate surface area is 273 Å². The van der Waals surface area contributed by atoms with E-state index in [4.69, 9.17) is 9.47 Å². The molecule has 4 heterocycles. The summed E-state index contributed by atoms with van der Waals surface area (Å²) in [5.41, 5.74) is 1.89. The molecule has 1 amide bonds. The average Bonchev–Trinajstić information content (AvgIpc) is 3.08. The number of ether oxygens (including phenoxy) is 2. The van der Waals surface area contributed by atoms with Crippen molar-refractivity contribution < 1.29 is 14.3 Å². The predicted molar refractivity (Wildman–Crippen MR) is 187 cm³/mol. The smallest absolute Gasteiger partial charge is 0.407 e. The molecule has 0 spiro atoms. The first-order chi connectivity index (χ1) is 22.1. The van der Waals surface area contributed by atoms with Crippen LogP contribution >= 0.6 is 0 Å². The number of rotatable bonds is 22. The van der Waals surface area contributed by atoms with Crippen LogP contribution in [0.3, 0.4) is 0 Å². The lowest BCUT2D eigenvalue weighted by Crippen LogP contribution is -2.55. The second-order valence-electron chi connectivity index (χ2n) is 13.6. The molecule has 5 rings (SSSR count). The number of carbonyl (C=O) groups excluding carboxylic acids is 1. The molecule has 1 N–H and O–H groups in total. The van der Waals surface area contributed by atoms with Crippen molar-refractivity contribution in [1.82, 2.24) is 15.2 Å². The van der Waals surface area contributed by atoms with E-state index in [-0.39, 0.29) is 18.2 Å². The molecule has 6 heteroatoms. The zero-order chi connectivity index (χ0) is 31.7. The highest BCUT2D eigenvalue weighted by Crippen LogP contribution is 2.43. The Bertz CT molecular complexity index is 1150. The van der Waals surface area contributed by atoms with E-state index in [2.05, 4.69) is 34.8 Å². The van der Waals surface area contributed by atoms with Gasteiger partial charge in [0.2, 0.25) is 0 Å². The van der Waals surface area contributed by atoms with Crippen LogP contribution in [0.5, 0.6) is 5.75 Å². The van der Waals surface area contributed by atoms with E-state index in [0.29, 0.717) is 18.4 Å². The van der Waals surface area contributed by atoms with Gasteiger partial charge in [-0.05, 0) is 61.9 Å². The van der Waals surface area contributed by atoms with E-state index in [1.165, 1.54) is 96.3 Å². The van der Waals surface area contributed by atoms with Crippen LogP contribution < -0.4 is 10.1 Å². The summed E-state index contributed by atoms with van der Waals surface area (Å²) in [6.07, 6.45) is 26.9. The summed E-state index contributed by atoms with van der Waals surface area (Å²) in [7, 11) is 1.68. The molecule has 0 aliphatic carbocycles. The zero-order valence-electron chi connectivity index (χ0n) is 28.4. The summed E-state index contributed by atoms with van der Waals surface area (Å²) in [4.78, 5) is 20.3. The van der Waals surface area contributed by atoms with Crippen LogP contribution in [0.2, 0.25) is 0 Å². The Hall–Kier alpha value is -2.60. The zero-order valence-corrected chi connectivity index (χ0v) is 28.4. The SMILES string of the molecule is C=C[C@H]1CN2CCC1C[C@H]2[C@H](OC(=O)NCCCCCCCCCCCCCCCCCC)c1ccnc2ccc(OC)cc12. The maximum atomic E-state index is 13.2. The maximum absolute atomic E-state index is 13.2. The number of aromatic nitrogens is 1. The van der Waals surface area contributed by atoms with Gasteiger partial charge in [-0.2, -0.15) is 0 Å². The Kier molecular flexibility index (Phi) is 15.5. The van der Waals surface area contributed by atoms with Gasteiger partial charge in [0.1, 0.15) is 11.9 Å². The lowest BCUT2D eigenvalue weighted by Gasteiger charge is -2.51. The highest BCUT2D eigenvalue weighted by Gasteiger charge is 2.44. The Morgan fingerprint density at radius 3 is 2.20 bits per heavy atom. The molecule has 1 aromatic carbocycles. The van der Waals surface area contributed by atoms with Gasteiger partial charge < -0.3 is 14.8 Å². The van der Waals surface area contributed by atoms with E-state index in [9.17, 15) is 4.79 Å². The first-order valence-electron chi connectivity index (χ1n) is 18.4. The van der Waals surface area contributed by atoms with Crippen molar-refractivity contribution in [3.63, 3.8) is 0 Å². The van der Waals surface area contributed by atoms with Crippen LogP contribution in [-0.4, -0.2) is 48.8 Å². The molecule has 1 aromatic heterocycles. The number of methoxy groups -OCH3 is 1. The number of benzene rings is 1. The number of unbranched alkanes of at least 4 members (excludes halogenated alkanes) is 15. The number of piperidine rings is 3. The normalized spacial score (nSPS) is 21.5. The van der Waals surface area contributed by atoms with Gasteiger partial charge in [-0.15, -0.1) is 6.58 Å². The van der Waals surface area contributed by atoms with E-state index < -0.39 is 0 Å². The van der Waals surface area contributed by atoms with Crippen molar-refractivity contribution in [3.8, 4) is 5.75 Å². The molecule has 2 bridgehead atoms. The van der Waals surface area contributed by atoms with Gasteiger partial charge in [0, 0.05) is 30.2 Å². The molecule has 250 valence electrons. The van der Waals surface area contributed by atoms with Gasteiger partial charge >= 0.3 is 6.09 Å². The number of nitrogens with zero attached hydrogens (tertiary/aromatic N) is 2. The van der Waals surface area contributed by atoms with Crippen LogP contribution in [0.4, 0.5) is 4.79 Å². The molecule has 3 saturated heterocycles. The number of fused-ring (bicyclic) bond motifs is 4. The lowest BCUT2D eigenvalue weighted by molar-refractivity contribution is -0.0497. The van der Waals surface area contributed by atoms with Gasteiger partial charge in [-0.1, -0.05) is 109 Å². The number of hydrogen-bond donors (Lipinski definition) is 1. The fraction of sp³-hybridized carbons (Fsp3) is 0.692. The third-order valence-electron chi connectivity index (χ3n) is 10.3. The minimum absolute atomic E-state index is 0.137. The first kappa shape index (κ1) is 35.3. The summed E-state index contributed by atoms with van der Waals surface area (Å²) >= 11 is 0. The van der Waals surface area contributed by atoms with Crippen LogP contribution in [0.25, 0.3) is 10.9 Å². The number of pyridine rings is 1. The van der Waals surface area contributed by atoms with Crippen LogP contribution in [0.15, 0.2) is 43.1 Å². The molecular formula is C39H61N3O3. The highest BCUT2D eigenvalue weighted by molar-refractivity contribution is 5.84. The molecule has 3 aliphatic rings. The molecule has 3 fully saturated rings. The minimum atomic E-state index is -0.373. The fourth-order valence-corrected chi connectivity index (χ4v) is 7.58. The number of hydrogen-bond acceptors (Lipinski definition) is 5. The molecule has 45 heavy (non-hydrogen) atoms. The molecule has 0 saturated carbocycles. The minimum Gasteiger partial charge on any atom is -0.497 e. The quantitative estimate of drug-likeness (QED) is 0.105. The Morgan fingerprint density at radius 1 is 0.978 bits per heavy atom. The highest BCUT2D eigenvalue weighted by atomic mass is 16.6. The molecule has 2 unspecified atom stereocenters. The van der Waals surface area contributed by atoms with Crippen molar-refractivity contribution in [2.24, 2.45) is 11.8 Å². The molecule has 3 aliphatic heterocycles. The van der Waals surface area contributed by atoms with Crippen molar-refractivity contribution in [2.75, 3.05) is 26.7 Å². The van der Waals surface area contributed by atoms with Crippen molar-refractivity contribution >= 4 is 17.0 Å². The van der Waals surface area contributed by atoms with E-state index >= 15 is 0 Å². The van der Waals surface area contributed by atoms with Gasteiger partial charge in [0.15, 0.2) is 0 Å². The molecule has 6 nitrogen and oxygen atoms in total. The van der Waals surface area contributed by atoms with Crippen molar-refractivity contribution in [1.29, 1.82) is 0 Å². The number of nitrogens with one attached hydrogen (secondary N) is 1. The standard InChI is InChI=1S/C39H61N3O3/c1-4-6-7-8-9-10-11-12-13-14-15-16-17-18-19-20-25-41-39(43)45-38(37-28-32-24-27-42(37)30-31(32)5-2)34-23-26-40-36-22-21-33(44-3)29-35(34)36/h5,21-23,26,29,31-32,37-38H,2,4,6-20,24-25,27-28,30H2,1,3H3,(H,41,43)/t31-,32?,37-,38+/m0/s1. The number of carbonyl (C=O) groups is 1. The largest absolute Gasteiger partial charge is 0.497 e. The third-order valence-corrected chi connectivity index (χ3v) is 10.3. The molecular weight excluding hydrogens is 558 g/mol. The third kappa shape index (κ3) is 11.0.